The van der Waals surface area contributed by atoms with Gasteiger partial charge in [0.15, 0.2) is 0 Å². The third-order valence-electron chi connectivity index (χ3n) is 3.62. The van der Waals surface area contributed by atoms with Crippen LogP contribution >= 0.6 is 0 Å². The molecule has 1 aromatic heterocycles. The van der Waals surface area contributed by atoms with Gasteiger partial charge in [-0.15, -0.1) is 0 Å². The van der Waals surface area contributed by atoms with Gasteiger partial charge in [-0.05, 0) is 25.3 Å². The van der Waals surface area contributed by atoms with Crippen molar-refractivity contribution in [2.45, 2.75) is 32.7 Å². The Kier molecular flexibility index (Phi) is 4.96. The van der Waals surface area contributed by atoms with E-state index in [1.807, 2.05) is 6.07 Å². The molecule has 1 saturated heterocycles. The number of likely N-dealkylation sites (N-methyl/N-ethyl adjacent to an activating group) is 1. The van der Waals surface area contributed by atoms with Gasteiger partial charge in [0.25, 0.3) is 0 Å². The lowest BCUT2D eigenvalue weighted by atomic mass is 10.1. The summed E-state index contributed by atoms with van der Waals surface area (Å²) in [6.45, 7) is 7.56. The minimum atomic E-state index is 0.540. The molecule has 2 N–H and O–H groups in total. The molecule has 1 aliphatic heterocycles. The maximum absolute atomic E-state index is 4.37. The van der Waals surface area contributed by atoms with Gasteiger partial charge < -0.3 is 15.5 Å². The zero-order chi connectivity index (χ0) is 13.7. The topological polar surface area (TPSA) is 53.1 Å². The van der Waals surface area contributed by atoms with Crippen molar-refractivity contribution in [2.24, 2.45) is 5.92 Å². The number of hydrogen-bond acceptors (Lipinski definition) is 5. The van der Waals surface area contributed by atoms with Crippen molar-refractivity contribution < 1.29 is 0 Å². The van der Waals surface area contributed by atoms with E-state index in [0.29, 0.717) is 12.0 Å². The molecule has 1 aromatic rings. The summed E-state index contributed by atoms with van der Waals surface area (Å²) in [5.74, 6) is 2.63. The molecule has 5 heteroatoms. The number of rotatable bonds is 6. The molecule has 0 saturated carbocycles. The summed E-state index contributed by atoms with van der Waals surface area (Å²) < 4.78 is 0. The Balaban J connectivity index is 1.94. The van der Waals surface area contributed by atoms with E-state index in [4.69, 9.17) is 0 Å². The van der Waals surface area contributed by atoms with Crippen molar-refractivity contribution in [1.29, 1.82) is 0 Å². The maximum Gasteiger partial charge on any atom is 0.134 e. The van der Waals surface area contributed by atoms with Crippen molar-refractivity contribution in [3.8, 4) is 0 Å². The van der Waals surface area contributed by atoms with Crippen LogP contribution in [0.25, 0.3) is 0 Å². The van der Waals surface area contributed by atoms with E-state index in [1.165, 1.54) is 6.42 Å². The lowest BCUT2D eigenvalue weighted by Crippen LogP contribution is -2.34. The molecular formula is C14H25N5. The van der Waals surface area contributed by atoms with Gasteiger partial charge in [0.1, 0.15) is 18.0 Å². The first-order valence-electron chi connectivity index (χ1n) is 7.16. The minimum absolute atomic E-state index is 0.540. The monoisotopic (exact) mass is 263 g/mol. The molecule has 106 valence electrons. The third-order valence-corrected chi connectivity index (χ3v) is 3.62. The summed E-state index contributed by atoms with van der Waals surface area (Å²) in [6, 6.07) is 2.58. The Labute approximate surface area is 115 Å². The van der Waals surface area contributed by atoms with Crippen molar-refractivity contribution in [3.05, 3.63) is 12.4 Å². The SMILES string of the molecule is CC(C)CCNc1cc(N(C)C2CCNC2)ncn1. The molecule has 0 aliphatic carbocycles. The smallest absolute Gasteiger partial charge is 0.134 e. The summed E-state index contributed by atoms with van der Waals surface area (Å²) in [6.07, 6.45) is 3.98. The second-order valence-electron chi connectivity index (χ2n) is 5.63. The summed E-state index contributed by atoms with van der Waals surface area (Å²) >= 11 is 0. The van der Waals surface area contributed by atoms with Crippen LogP contribution in [0.5, 0.6) is 0 Å². The summed E-state index contributed by atoms with van der Waals surface area (Å²) in [7, 11) is 2.11. The predicted octanol–water partition coefficient (Wildman–Crippen LogP) is 1.73. The van der Waals surface area contributed by atoms with Crippen LogP contribution in [0, 0.1) is 5.92 Å². The van der Waals surface area contributed by atoms with Crippen molar-refractivity contribution in [3.63, 3.8) is 0 Å². The van der Waals surface area contributed by atoms with Gasteiger partial charge in [-0.2, -0.15) is 0 Å². The highest BCUT2D eigenvalue weighted by Gasteiger charge is 2.20. The highest BCUT2D eigenvalue weighted by Crippen LogP contribution is 2.18. The Bertz CT molecular complexity index is 387. The fourth-order valence-electron chi connectivity index (χ4n) is 2.28. The van der Waals surface area contributed by atoms with E-state index in [-0.39, 0.29) is 0 Å². The van der Waals surface area contributed by atoms with Gasteiger partial charge in [0.2, 0.25) is 0 Å². The molecular weight excluding hydrogens is 238 g/mol. The van der Waals surface area contributed by atoms with Crippen LogP contribution in [0.1, 0.15) is 26.7 Å². The van der Waals surface area contributed by atoms with Crippen LogP contribution in [0.3, 0.4) is 0 Å². The molecule has 1 fully saturated rings. The Hall–Kier alpha value is -1.36. The lowest BCUT2D eigenvalue weighted by Gasteiger charge is -2.24. The maximum atomic E-state index is 4.37. The molecule has 1 atom stereocenters. The normalized spacial score (nSPS) is 18.8. The van der Waals surface area contributed by atoms with Crippen LogP contribution in [-0.4, -0.2) is 42.7 Å². The molecule has 0 spiro atoms. The second kappa shape index (κ2) is 6.70. The number of hydrogen-bond donors (Lipinski definition) is 2. The van der Waals surface area contributed by atoms with Gasteiger partial charge in [-0.25, -0.2) is 9.97 Å². The first-order chi connectivity index (χ1) is 9.16. The van der Waals surface area contributed by atoms with Crippen LogP contribution in [0.2, 0.25) is 0 Å². The van der Waals surface area contributed by atoms with Crippen molar-refractivity contribution >= 4 is 11.6 Å². The van der Waals surface area contributed by atoms with E-state index < -0.39 is 0 Å². The zero-order valence-corrected chi connectivity index (χ0v) is 12.2. The van der Waals surface area contributed by atoms with Crippen LogP contribution in [0.4, 0.5) is 11.6 Å². The van der Waals surface area contributed by atoms with Crippen molar-refractivity contribution in [1.82, 2.24) is 15.3 Å². The van der Waals surface area contributed by atoms with Crippen LogP contribution in [0.15, 0.2) is 12.4 Å². The van der Waals surface area contributed by atoms with E-state index in [2.05, 4.69) is 46.4 Å². The number of nitrogens with one attached hydrogen (secondary N) is 2. The van der Waals surface area contributed by atoms with E-state index in [9.17, 15) is 0 Å². The Morgan fingerprint density at radius 1 is 1.47 bits per heavy atom. The van der Waals surface area contributed by atoms with Crippen LogP contribution < -0.4 is 15.5 Å². The van der Waals surface area contributed by atoms with E-state index in [1.54, 1.807) is 6.33 Å². The first-order valence-corrected chi connectivity index (χ1v) is 7.16. The first kappa shape index (κ1) is 14.1. The molecule has 19 heavy (non-hydrogen) atoms. The fourth-order valence-corrected chi connectivity index (χ4v) is 2.28. The zero-order valence-electron chi connectivity index (χ0n) is 12.2. The third kappa shape index (κ3) is 4.06. The Morgan fingerprint density at radius 2 is 2.32 bits per heavy atom. The molecule has 0 bridgehead atoms. The molecule has 0 aromatic carbocycles. The van der Waals surface area contributed by atoms with Gasteiger partial charge in [0, 0.05) is 32.2 Å². The molecule has 2 rings (SSSR count). The minimum Gasteiger partial charge on any atom is -0.370 e. The second-order valence-corrected chi connectivity index (χ2v) is 5.63. The number of anilines is 2. The van der Waals surface area contributed by atoms with E-state index in [0.717, 1.165) is 37.7 Å². The van der Waals surface area contributed by atoms with Gasteiger partial charge in [0.05, 0.1) is 0 Å². The Morgan fingerprint density at radius 3 is 3.00 bits per heavy atom. The van der Waals surface area contributed by atoms with Gasteiger partial charge >= 0.3 is 0 Å². The number of nitrogens with zero attached hydrogens (tertiary/aromatic N) is 3. The molecule has 0 radical (unpaired) electrons. The molecule has 1 unspecified atom stereocenters. The summed E-state index contributed by atoms with van der Waals surface area (Å²) in [5.41, 5.74) is 0. The van der Waals surface area contributed by atoms with E-state index >= 15 is 0 Å². The average molecular weight is 263 g/mol. The molecule has 0 amide bonds. The highest BCUT2D eigenvalue weighted by molar-refractivity contribution is 5.48. The van der Waals surface area contributed by atoms with Gasteiger partial charge in [-0.1, -0.05) is 13.8 Å². The molecule has 1 aliphatic rings. The lowest BCUT2D eigenvalue weighted by molar-refractivity contribution is 0.606. The van der Waals surface area contributed by atoms with Crippen molar-refractivity contribution in [2.75, 3.05) is 36.9 Å². The van der Waals surface area contributed by atoms with Gasteiger partial charge in [-0.3, -0.25) is 0 Å². The summed E-state index contributed by atoms with van der Waals surface area (Å²) in [4.78, 5) is 10.9. The summed E-state index contributed by atoms with van der Waals surface area (Å²) in [5, 5.41) is 6.75. The quantitative estimate of drug-likeness (QED) is 0.818. The average Bonchev–Trinajstić information content (AvgIpc) is 2.91. The predicted molar refractivity (Wildman–Crippen MR) is 79.7 cm³/mol. The molecule has 2 heterocycles. The number of aromatic nitrogens is 2. The standard InChI is InChI=1S/C14H25N5/c1-11(2)4-7-16-13-8-14(18-10-17-13)19(3)12-5-6-15-9-12/h8,10-12,15H,4-7,9H2,1-3H3,(H,16,17,18). The molecule has 5 nitrogen and oxygen atoms in total. The fraction of sp³-hybridized carbons (Fsp3) is 0.714. The largest absolute Gasteiger partial charge is 0.370 e. The highest BCUT2D eigenvalue weighted by atomic mass is 15.2. The van der Waals surface area contributed by atoms with Crippen LogP contribution in [-0.2, 0) is 0 Å².